The summed E-state index contributed by atoms with van der Waals surface area (Å²) in [5.41, 5.74) is -0.666. The summed E-state index contributed by atoms with van der Waals surface area (Å²) in [4.78, 5) is 23.7. The first-order valence-electron chi connectivity index (χ1n) is 8.10. The van der Waals surface area contributed by atoms with E-state index in [0.717, 1.165) is 24.3 Å². The Morgan fingerprint density at radius 1 is 0.966 bits per heavy atom. The van der Waals surface area contributed by atoms with E-state index < -0.39 is 48.5 Å². The molecule has 156 valence electrons. The van der Waals surface area contributed by atoms with Gasteiger partial charge in [0.05, 0.1) is 12.2 Å². The molecule has 2 rings (SSSR count). The molecule has 2 amide bonds. The standard InChI is InChI=1S/C18H15F6N3O2/c1-9-12(20)4-10(17(29)26-8-18(22,23)24)5-15(9)25-7-16(28)27-14-3-2-11(19)6-13(14)21/h2-6,25H,7-8H2,1H3,(H,26,29)(H,27,28). The predicted octanol–water partition coefficient (Wildman–Crippen LogP) is 3.76. The van der Waals surface area contributed by atoms with Crippen LogP contribution in [0.1, 0.15) is 15.9 Å². The average Bonchev–Trinajstić information content (AvgIpc) is 2.62. The minimum Gasteiger partial charge on any atom is -0.376 e. The number of hydrogen-bond acceptors (Lipinski definition) is 3. The van der Waals surface area contributed by atoms with Gasteiger partial charge in [0.2, 0.25) is 5.91 Å². The highest BCUT2D eigenvalue weighted by Gasteiger charge is 2.28. The largest absolute Gasteiger partial charge is 0.405 e. The Morgan fingerprint density at radius 3 is 2.28 bits per heavy atom. The molecule has 0 spiro atoms. The Bertz CT molecular complexity index is 931. The fourth-order valence-corrected chi connectivity index (χ4v) is 2.24. The summed E-state index contributed by atoms with van der Waals surface area (Å²) >= 11 is 0. The third kappa shape index (κ3) is 6.40. The van der Waals surface area contributed by atoms with Crippen molar-refractivity contribution in [3.05, 3.63) is 58.9 Å². The Kier molecular flexibility index (Phi) is 6.72. The van der Waals surface area contributed by atoms with Gasteiger partial charge in [0.25, 0.3) is 5.91 Å². The summed E-state index contributed by atoms with van der Waals surface area (Å²) in [6, 6.07) is 4.37. The van der Waals surface area contributed by atoms with E-state index in [2.05, 4.69) is 10.6 Å². The highest BCUT2D eigenvalue weighted by Crippen LogP contribution is 2.21. The second kappa shape index (κ2) is 8.84. The normalized spacial score (nSPS) is 11.1. The van der Waals surface area contributed by atoms with Crippen LogP contribution in [0.5, 0.6) is 0 Å². The number of carbonyl (C=O) groups is 2. The zero-order valence-electron chi connectivity index (χ0n) is 14.9. The quantitative estimate of drug-likeness (QED) is 0.625. The molecule has 2 aromatic rings. The van der Waals surface area contributed by atoms with E-state index in [1.54, 1.807) is 5.32 Å². The molecule has 0 unspecified atom stereocenters. The highest BCUT2D eigenvalue weighted by molar-refractivity contribution is 5.96. The van der Waals surface area contributed by atoms with Crippen LogP contribution in [0.15, 0.2) is 30.3 Å². The van der Waals surface area contributed by atoms with Crippen molar-refractivity contribution in [2.24, 2.45) is 0 Å². The lowest BCUT2D eigenvalue weighted by molar-refractivity contribution is -0.123. The molecule has 3 N–H and O–H groups in total. The molecule has 0 heterocycles. The van der Waals surface area contributed by atoms with Gasteiger partial charge in [-0.15, -0.1) is 0 Å². The van der Waals surface area contributed by atoms with Crippen molar-refractivity contribution in [1.82, 2.24) is 5.32 Å². The summed E-state index contributed by atoms with van der Waals surface area (Å²) in [6.45, 7) is -0.743. The van der Waals surface area contributed by atoms with E-state index in [1.165, 1.54) is 6.92 Å². The molecule has 2 aromatic carbocycles. The third-order valence-corrected chi connectivity index (χ3v) is 3.70. The Balaban J connectivity index is 2.06. The fourth-order valence-electron chi connectivity index (χ4n) is 2.24. The molecule has 0 aliphatic heterocycles. The van der Waals surface area contributed by atoms with E-state index >= 15 is 0 Å². The second-order valence-electron chi connectivity index (χ2n) is 5.95. The summed E-state index contributed by atoms with van der Waals surface area (Å²) in [5.74, 6) is -4.62. The van der Waals surface area contributed by atoms with Crippen molar-refractivity contribution < 1.29 is 35.9 Å². The van der Waals surface area contributed by atoms with Crippen LogP contribution in [0, 0.1) is 24.4 Å². The molecule has 0 saturated heterocycles. The van der Waals surface area contributed by atoms with Crippen LogP contribution in [-0.4, -0.2) is 31.1 Å². The lowest BCUT2D eigenvalue weighted by Crippen LogP contribution is -2.33. The van der Waals surface area contributed by atoms with Crippen LogP contribution < -0.4 is 16.0 Å². The van der Waals surface area contributed by atoms with Crippen LogP contribution in [0.25, 0.3) is 0 Å². The number of carbonyl (C=O) groups excluding carboxylic acids is 2. The number of amides is 2. The van der Waals surface area contributed by atoms with Gasteiger partial charge in [-0.1, -0.05) is 0 Å². The van der Waals surface area contributed by atoms with Gasteiger partial charge in [0.1, 0.15) is 24.0 Å². The first-order valence-corrected chi connectivity index (χ1v) is 8.10. The minimum absolute atomic E-state index is 0.0122. The van der Waals surface area contributed by atoms with Gasteiger partial charge in [0, 0.05) is 22.9 Å². The van der Waals surface area contributed by atoms with Crippen LogP contribution in [0.3, 0.4) is 0 Å². The number of anilines is 2. The molecule has 0 radical (unpaired) electrons. The van der Waals surface area contributed by atoms with Crippen LogP contribution in [0.2, 0.25) is 0 Å². The average molecular weight is 419 g/mol. The van der Waals surface area contributed by atoms with Gasteiger partial charge in [0.15, 0.2) is 0 Å². The van der Waals surface area contributed by atoms with Crippen LogP contribution in [0.4, 0.5) is 37.7 Å². The number of rotatable bonds is 6. The maximum atomic E-state index is 14.0. The first-order chi connectivity index (χ1) is 13.5. The fraction of sp³-hybridized carbons (Fsp3) is 0.222. The lowest BCUT2D eigenvalue weighted by Gasteiger charge is -2.14. The molecule has 0 saturated carbocycles. The molecular formula is C18H15F6N3O2. The number of alkyl halides is 3. The van der Waals surface area contributed by atoms with Crippen LogP contribution in [-0.2, 0) is 4.79 Å². The number of hydrogen-bond donors (Lipinski definition) is 3. The number of halogens is 6. The van der Waals surface area contributed by atoms with Gasteiger partial charge in [-0.05, 0) is 31.2 Å². The van der Waals surface area contributed by atoms with E-state index in [9.17, 15) is 35.9 Å². The SMILES string of the molecule is Cc1c(F)cc(C(=O)NCC(F)(F)F)cc1NCC(=O)Nc1ccc(F)cc1F. The molecule has 0 bridgehead atoms. The molecule has 0 aliphatic rings. The highest BCUT2D eigenvalue weighted by atomic mass is 19.4. The summed E-state index contributed by atoms with van der Waals surface area (Å²) in [7, 11) is 0. The first kappa shape index (κ1) is 22.1. The second-order valence-corrected chi connectivity index (χ2v) is 5.95. The van der Waals surface area contributed by atoms with Gasteiger partial charge in [-0.25, -0.2) is 13.2 Å². The summed E-state index contributed by atoms with van der Waals surface area (Å²) in [5, 5.41) is 6.31. The van der Waals surface area contributed by atoms with Crippen molar-refractivity contribution in [2.45, 2.75) is 13.1 Å². The summed E-state index contributed by atoms with van der Waals surface area (Å²) in [6.07, 6.45) is -4.63. The van der Waals surface area contributed by atoms with E-state index in [1.807, 2.05) is 0 Å². The molecule has 29 heavy (non-hydrogen) atoms. The lowest BCUT2D eigenvalue weighted by atomic mass is 10.1. The Hall–Kier alpha value is -3.24. The van der Waals surface area contributed by atoms with Crippen molar-refractivity contribution >= 4 is 23.2 Å². The zero-order chi connectivity index (χ0) is 21.8. The third-order valence-electron chi connectivity index (χ3n) is 3.70. The zero-order valence-corrected chi connectivity index (χ0v) is 14.9. The van der Waals surface area contributed by atoms with Gasteiger partial charge < -0.3 is 16.0 Å². The van der Waals surface area contributed by atoms with Crippen molar-refractivity contribution in [2.75, 3.05) is 23.7 Å². The van der Waals surface area contributed by atoms with Crippen molar-refractivity contribution in [3.63, 3.8) is 0 Å². The molecule has 0 aliphatic carbocycles. The van der Waals surface area contributed by atoms with E-state index in [0.29, 0.717) is 6.07 Å². The maximum Gasteiger partial charge on any atom is 0.405 e. The Labute approximate surface area is 161 Å². The minimum atomic E-state index is -4.63. The monoisotopic (exact) mass is 419 g/mol. The molecule has 5 nitrogen and oxygen atoms in total. The predicted molar refractivity (Wildman–Crippen MR) is 93.0 cm³/mol. The number of nitrogens with one attached hydrogen (secondary N) is 3. The van der Waals surface area contributed by atoms with Crippen molar-refractivity contribution in [3.8, 4) is 0 Å². The Morgan fingerprint density at radius 2 is 1.66 bits per heavy atom. The van der Waals surface area contributed by atoms with Crippen LogP contribution >= 0.6 is 0 Å². The number of benzene rings is 2. The molecular weight excluding hydrogens is 404 g/mol. The molecule has 0 atom stereocenters. The van der Waals surface area contributed by atoms with E-state index in [4.69, 9.17) is 0 Å². The molecule has 11 heteroatoms. The summed E-state index contributed by atoms with van der Waals surface area (Å²) < 4.78 is 77.0. The maximum absolute atomic E-state index is 14.0. The molecule has 0 aromatic heterocycles. The van der Waals surface area contributed by atoms with Crippen molar-refractivity contribution in [1.29, 1.82) is 0 Å². The van der Waals surface area contributed by atoms with Gasteiger partial charge in [-0.2, -0.15) is 13.2 Å². The van der Waals surface area contributed by atoms with E-state index in [-0.39, 0.29) is 22.5 Å². The molecule has 0 fully saturated rings. The smallest absolute Gasteiger partial charge is 0.376 e. The topological polar surface area (TPSA) is 70.2 Å². The van der Waals surface area contributed by atoms with Gasteiger partial charge in [-0.3, -0.25) is 9.59 Å². The van der Waals surface area contributed by atoms with Gasteiger partial charge >= 0.3 is 6.18 Å².